The van der Waals surface area contributed by atoms with E-state index in [0.29, 0.717) is 34.3 Å². The number of rotatable bonds is 11. The van der Waals surface area contributed by atoms with Crippen molar-refractivity contribution >= 4 is 40.8 Å². The topological polar surface area (TPSA) is 101 Å². The summed E-state index contributed by atoms with van der Waals surface area (Å²) in [6.07, 6.45) is 6.05. The molecule has 39 heavy (non-hydrogen) atoms. The van der Waals surface area contributed by atoms with E-state index in [2.05, 4.69) is 15.6 Å². The zero-order valence-electron chi connectivity index (χ0n) is 21.9. The van der Waals surface area contributed by atoms with E-state index in [1.54, 1.807) is 80.0 Å². The number of methoxy groups -OCH3 is 1. The van der Waals surface area contributed by atoms with Crippen molar-refractivity contribution in [2.24, 2.45) is 0 Å². The Bertz CT molecular complexity index is 1260. The van der Waals surface area contributed by atoms with Crippen molar-refractivity contribution in [1.82, 2.24) is 10.3 Å². The maximum atomic E-state index is 13.8. The summed E-state index contributed by atoms with van der Waals surface area (Å²) in [6, 6.07) is 18.4. The molecule has 1 fully saturated rings. The summed E-state index contributed by atoms with van der Waals surface area (Å²) in [5.74, 6) is 0.246. The Morgan fingerprint density at radius 2 is 1.79 bits per heavy atom. The highest BCUT2D eigenvalue weighted by atomic mass is 35.5. The molecule has 1 aliphatic carbocycles. The lowest BCUT2D eigenvalue weighted by Gasteiger charge is -2.32. The predicted molar refractivity (Wildman–Crippen MR) is 152 cm³/mol. The smallest absolute Gasteiger partial charge is 0.248 e. The number of halogens is 1. The fourth-order valence-electron chi connectivity index (χ4n) is 4.77. The average Bonchev–Trinajstić information content (AvgIpc) is 3.45. The molecule has 1 heterocycles. The van der Waals surface area contributed by atoms with Crippen LogP contribution in [0, 0.1) is 0 Å². The lowest BCUT2D eigenvalue weighted by atomic mass is 10.0. The van der Waals surface area contributed by atoms with E-state index in [1.165, 1.54) is 4.90 Å². The predicted octanol–water partition coefficient (Wildman–Crippen LogP) is 5.69. The Kier molecular flexibility index (Phi) is 9.91. The van der Waals surface area contributed by atoms with Gasteiger partial charge in [-0.25, -0.2) is 4.98 Å². The Hall–Kier alpha value is -3.91. The minimum absolute atomic E-state index is 0.0631. The van der Waals surface area contributed by atoms with Crippen LogP contribution >= 0.6 is 11.6 Å². The molecule has 2 aromatic carbocycles. The second-order valence-electron chi connectivity index (χ2n) is 9.53. The SMILES string of the molecule is COc1cccc(N(C(=O)CCCC(=O)Nc2ccccn2)[C@@H](C(=O)NC2CCCC2)c2ccc(Cl)cc2)c1. The van der Waals surface area contributed by atoms with Gasteiger partial charge in [-0.05, 0) is 61.2 Å². The van der Waals surface area contributed by atoms with E-state index in [9.17, 15) is 14.4 Å². The molecule has 0 radical (unpaired) electrons. The molecule has 2 N–H and O–H groups in total. The van der Waals surface area contributed by atoms with Gasteiger partial charge in [0.15, 0.2) is 0 Å². The minimum Gasteiger partial charge on any atom is -0.497 e. The quantitative estimate of drug-likeness (QED) is 0.321. The van der Waals surface area contributed by atoms with Crippen LogP contribution in [-0.4, -0.2) is 35.9 Å². The Morgan fingerprint density at radius 1 is 1.03 bits per heavy atom. The van der Waals surface area contributed by atoms with E-state index in [-0.39, 0.29) is 36.6 Å². The van der Waals surface area contributed by atoms with Crippen LogP contribution in [0.4, 0.5) is 11.5 Å². The van der Waals surface area contributed by atoms with E-state index in [0.717, 1.165) is 25.7 Å². The van der Waals surface area contributed by atoms with Crippen molar-refractivity contribution in [3.63, 3.8) is 0 Å². The summed E-state index contributed by atoms with van der Waals surface area (Å²) in [4.78, 5) is 45.7. The number of benzene rings is 2. The fourth-order valence-corrected chi connectivity index (χ4v) is 4.90. The first-order valence-electron chi connectivity index (χ1n) is 13.2. The first kappa shape index (κ1) is 28.1. The van der Waals surface area contributed by atoms with Crippen molar-refractivity contribution in [2.45, 2.75) is 57.0 Å². The van der Waals surface area contributed by atoms with Crippen LogP contribution in [-0.2, 0) is 14.4 Å². The number of nitrogens with one attached hydrogen (secondary N) is 2. The maximum Gasteiger partial charge on any atom is 0.248 e. The van der Waals surface area contributed by atoms with E-state index in [4.69, 9.17) is 16.3 Å². The van der Waals surface area contributed by atoms with Crippen LogP contribution in [0.3, 0.4) is 0 Å². The summed E-state index contributed by atoms with van der Waals surface area (Å²) in [7, 11) is 1.55. The number of hydrogen-bond acceptors (Lipinski definition) is 5. The van der Waals surface area contributed by atoms with Gasteiger partial charge in [-0.3, -0.25) is 19.3 Å². The molecule has 204 valence electrons. The van der Waals surface area contributed by atoms with E-state index >= 15 is 0 Å². The third kappa shape index (κ3) is 7.80. The average molecular weight is 549 g/mol. The monoisotopic (exact) mass is 548 g/mol. The van der Waals surface area contributed by atoms with Gasteiger partial charge in [0.25, 0.3) is 0 Å². The van der Waals surface area contributed by atoms with Gasteiger partial charge in [0, 0.05) is 41.9 Å². The molecule has 3 amide bonds. The van der Waals surface area contributed by atoms with E-state index < -0.39 is 6.04 Å². The molecule has 0 aliphatic heterocycles. The van der Waals surface area contributed by atoms with Crippen molar-refractivity contribution in [3.8, 4) is 5.75 Å². The number of anilines is 2. The van der Waals surface area contributed by atoms with Gasteiger partial charge < -0.3 is 15.4 Å². The van der Waals surface area contributed by atoms with Crippen molar-refractivity contribution in [2.75, 3.05) is 17.3 Å². The van der Waals surface area contributed by atoms with Gasteiger partial charge in [0.2, 0.25) is 17.7 Å². The molecule has 1 aromatic heterocycles. The normalized spacial score (nSPS) is 13.9. The van der Waals surface area contributed by atoms with Crippen LogP contribution in [0.2, 0.25) is 5.02 Å². The van der Waals surface area contributed by atoms with Crippen LogP contribution in [0.15, 0.2) is 72.9 Å². The number of carbonyl (C=O) groups excluding carboxylic acids is 3. The molecule has 0 unspecified atom stereocenters. The first-order valence-corrected chi connectivity index (χ1v) is 13.5. The van der Waals surface area contributed by atoms with Gasteiger partial charge in [0.1, 0.15) is 17.6 Å². The maximum absolute atomic E-state index is 13.8. The van der Waals surface area contributed by atoms with Gasteiger partial charge in [0.05, 0.1) is 7.11 Å². The van der Waals surface area contributed by atoms with Crippen molar-refractivity contribution in [1.29, 1.82) is 0 Å². The van der Waals surface area contributed by atoms with Crippen molar-refractivity contribution < 1.29 is 19.1 Å². The molecular formula is C30H33ClN4O4. The lowest BCUT2D eigenvalue weighted by Crippen LogP contribution is -2.46. The number of aromatic nitrogens is 1. The minimum atomic E-state index is -0.926. The number of carbonyl (C=O) groups is 3. The van der Waals surface area contributed by atoms with Gasteiger partial charge in [-0.15, -0.1) is 0 Å². The molecule has 8 nitrogen and oxygen atoms in total. The second kappa shape index (κ2) is 13.8. The lowest BCUT2D eigenvalue weighted by molar-refractivity contribution is -0.127. The number of hydrogen-bond donors (Lipinski definition) is 2. The molecule has 1 aliphatic rings. The number of nitrogens with zero attached hydrogens (tertiary/aromatic N) is 2. The third-order valence-corrected chi connectivity index (χ3v) is 6.97. The summed E-state index contributed by atoms with van der Waals surface area (Å²) in [5, 5.41) is 6.43. The van der Waals surface area contributed by atoms with Crippen molar-refractivity contribution in [3.05, 3.63) is 83.5 Å². The highest BCUT2D eigenvalue weighted by Gasteiger charge is 2.34. The summed E-state index contributed by atoms with van der Waals surface area (Å²) < 4.78 is 5.41. The van der Waals surface area contributed by atoms with Crippen LogP contribution < -0.4 is 20.3 Å². The largest absolute Gasteiger partial charge is 0.497 e. The molecule has 1 saturated carbocycles. The van der Waals surface area contributed by atoms with E-state index in [1.807, 2.05) is 0 Å². The number of ether oxygens (including phenoxy) is 1. The molecule has 4 rings (SSSR count). The van der Waals surface area contributed by atoms with Gasteiger partial charge in [-0.1, -0.05) is 48.7 Å². The summed E-state index contributed by atoms with van der Waals surface area (Å²) in [6.45, 7) is 0. The molecule has 3 aromatic rings. The number of pyridine rings is 1. The Labute approximate surface area is 233 Å². The Balaban J connectivity index is 1.59. The van der Waals surface area contributed by atoms with Crippen LogP contribution in [0.5, 0.6) is 5.75 Å². The molecule has 0 saturated heterocycles. The third-order valence-electron chi connectivity index (χ3n) is 6.72. The highest BCUT2D eigenvalue weighted by Crippen LogP contribution is 2.32. The fraction of sp³-hybridized carbons (Fsp3) is 0.333. The standard InChI is InChI=1S/C30H33ClN4O4/c1-39-25-11-6-10-24(20-25)35(28(37)14-7-13-27(36)34-26-12-4-5-19-32-26)29(21-15-17-22(31)18-16-21)30(38)33-23-8-2-3-9-23/h4-6,10-12,15-20,23,29H,2-3,7-9,13-14H2,1H3,(H,33,38)(H,32,34,36)/t29-/m1/s1. The molecule has 1 atom stereocenters. The molecule has 0 spiro atoms. The zero-order valence-corrected chi connectivity index (χ0v) is 22.7. The first-order chi connectivity index (χ1) is 18.9. The highest BCUT2D eigenvalue weighted by molar-refractivity contribution is 6.30. The van der Waals surface area contributed by atoms with Crippen LogP contribution in [0.25, 0.3) is 0 Å². The van der Waals surface area contributed by atoms with Gasteiger partial charge in [-0.2, -0.15) is 0 Å². The summed E-state index contributed by atoms with van der Waals surface area (Å²) >= 11 is 6.15. The summed E-state index contributed by atoms with van der Waals surface area (Å²) in [5.41, 5.74) is 1.16. The Morgan fingerprint density at radius 3 is 2.49 bits per heavy atom. The van der Waals surface area contributed by atoms with Gasteiger partial charge >= 0.3 is 0 Å². The molecule has 0 bridgehead atoms. The second-order valence-corrected chi connectivity index (χ2v) is 9.96. The molecular weight excluding hydrogens is 516 g/mol. The number of amides is 3. The zero-order chi connectivity index (χ0) is 27.6. The molecule has 9 heteroatoms. The van der Waals surface area contributed by atoms with Crippen LogP contribution in [0.1, 0.15) is 56.6 Å².